The molecule has 124 valence electrons. The Balaban J connectivity index is 2.60. The van der Waals surface area contributed by atoms with Crippen LogP contribution in [0.5, 0.6) is 5.75 Å². The van der Waals surface area contributed by atoms with Crippen LogP contribution in [-0.2, 0) is 4.79 Å². The van der Waals surface area contributed by atoms with E-state index in [1.165, 1.54) is 6.07 Å². The predicted molar refractivity (Wildman–Crippen MR) is 81.9 cm³/mol. The normalized spacial score (nSPS) is 9.88. The molecule has 2 rings (SSSR count). The van der Waals surface area contributed by atoms with Crippen molar-refractivity contribution >= 4 is 11.8 Å². The van der Waals surface area contributed by atoms with Gasteiger partial charge in [0.1, 0.15) is 17.6 Å². The zero-order valence-electron chi connectivity index (χ0n) is 12.7. The highest BCUT2D eigenvalue weighted by molar-refractivity contribution is 5.99. The topological polar surface area (TPSA) is 135 Å². The number of benzene rings is 1. The van der Waals surface area contributed by atoms with Crippen molar-refractivity contribution in [2.45, 2.75) is 12.8 Å². The Labute approximate surface area is 141 Å². The molecule has 1 aromatic heterocycles. The molecule has 2 N–H and O–H groups in total. The summed E-state index contributed by atoms with van der Waals surface area (Å²) in [6.45, 7) is 0. The van der Waals surface area contributed by atoms with Crippen LogP contribution in [0.3, 0.4) is 0 Å². The first-order valence-corrected chi connectivity index (χ1v) is 6.96. The molecule has 0 atom stereocenters. The maximum Gasteiger partial charge on any atom is 0.303 e. The summed E-state index contributed by atoms with van der Waals surface area (Å²) in [7, 11) is 0. The second-order valence-corrected chi connectivity index (χ2v) is 4.98. The van der Waals surface area contributed by atoms with E-state index in [2.05, 4.69) is 4.98 Å². The van der Waals surface area contributed by atoms with Crippen molar-refractivity contribution < 1.29 is 24.2 Å². The summed E-state index contributed by atoms with van der Waals surface area (Å²) in [6.07, 6.45) is -0.884. The van der Waals surface area contributed by atoms with Gasteiger partial charge in [-0.3, -0.25) is 9.59 Å². The zero-order valence-corrected chi connectivity index (χ0v) is 12.7. The Hall–Kier alpha value is -3.78. The first-order valence-electron chi connectivity index (χ1n) is 6.96. The fourth-order valence-corrected chi connectivity index (χ4v) is 2.13. The lowest BCUT2D eigenvalue weighted by Crippen LogP contribution is -2.08. The molecule has 0 amide bonds. The number of hydrogen-bond acceptors (Lipinski definition) is 6. The number of ketones is 1. The van der Waals surface area contributed by atoms with Gasteiger partial charge in [0.25, 0.3) is 0 Å². The molecule has 1 heterocycles. The average molecular weight is 339 g/mol. The Morgan fingerprint density at radius 3 is 2.40 bits per heavy atom. The number of carbonyl (C=O) groups excluding carboxylic acids is 1. The van der Waals surface area contributed by atoms with E-state index in [0.29, 0.717) is 0 Å². The second kappa shape index (κ2) is 7.20. The largest absolute Gasteiger partial charge is 0.504 e. The molecule has 7 nitrogen and oxygen atoms in total. The summed E-state index contributed by atoms with van der Waals surface area (Å²) < 4.78 is 13.3. The number of hydrogen-bond donors (Lipinski definition) is 2. The molecule has 0 unspecified atom stereocenters. The standard InChI is InChI=1S/C17H10FN3O4/c18-11-1-2-12(9(5-11)7-19)13-6-10(8-20)17(25)16(21-13)14(22)3-4-15(23)24/h1-2,5-6,25H,3-4H2,(H,23,24). The molecular formula is C17H10FN3O4. The van der Waals surface area contributed by atoms with Gasteiger partial charge in [0.05, 0.1) is 29.3 Å². The molecule has 0 fully saturated rings. The summed E-state index contributed by atoms with van der Waals surface area (Å²) in [6, 6.07) is 7.97. The zero-order chi connectivity index (χ0) is 18.6. The van der Waals surface area contributed by atoms with Crippen molar-refractivity contribution in [2.24, 2.45) is 0 Å². The summed E-state index contributed by atoms with van der Waals surface area (Å²) in [5.41, 5.74) is -0.608. The van der Waals surface area contributed by atoms with Crippen LogP contribution in [0.1, 0.15) is 34.5 Å². The van der Waals surface area contributed by atoms with E-state index >= 15 is 0 Å². The minimum atomic E-state index is -1.20. The van der Waals surface area contributed by atoms with E-state index in [9.17, 15) is 19.1 Å². The second-order valence-electron chi connectivity index (χ2n) is 4.98. The van der Waals surface area contributed by atoms with Gasteiger partial charge in [-0.15, -0.1) is 0 Å². The van der Waals surface area contributed by atoms with Gasteiger partial charge in [0.15, 0.2) is 11.5 Å². The molecular weight excluding hydrogens is 329 g/mol. The molecule has 0 bridgehead atoms. The Morgan fingerprint density at radius 1 is 1.12 bits per heavy atom. The summed E-state index contributed by atoms with van der Waals surface area (Å²) in [5.74, 6) is -3.27. The molecule has 0 aliphatic rings. The summed E-state index contributed by atoms with van der Waals surface area (Å²) in [5, 5.41) is 36.9. The quantitative estimate of drug-likeness (QED) is 0.798. The fraction of sp³-hybridized carbons (Fsp3) is 0.118. The van der Waals surface area contributed by atoms with Crippen LogP contribution >= 0.6 is 0 Å². The Bertz CT molecular complexity index is 958. The van der Waals surface area contributed by atoms with Crippen LogP contribution in [0.15, 0.2) is 24.3 Å². The minimum absolute atomic E-state index is 0.0181. The van der Waals surface area contributed by atoms with Crippen molar-refractivity contribution in [3.63, 3.8) is 0 Å². The van der Waals surface area contributed by atoms with Crippen LogP contribution in [0.2, 0.25) is 0 Å². The highest BCUT2D eigenvalue weighted by Crippen LogP contribution is 2.29. The van der Waals surface area contributed by atoms with Gasteiger partial charge in [-0.25, -0.2) is 9.37 Å². The summed E-state index contributed by atoms with van der Waals surface area (Å²) >= 11 is 0. The third-order valence-corrected chi connectivity index (χ3v) is 3.32. The molecule has 0 aliphatic heterocycles. The van der Waals surface area contributed by atoms with Crippen LogP contribution in [0, 0.1) is 28.5 Å². The number of rotatable bonds is 5. The van der Waals surface area contributed by atoms with Crippen molar-refractivity contribution in [3.8, 4) is 29.1 Å². The van der Waals surface area contributed by atoms with Gasteiger partial charge < -0.3 is 10.2 Å². The lowest BCUT2D eigenvalue weighted by atomic mass is 10.0. The first kappa shape index (κ1) is 17.6. The van der Waals surface area contributed by atoms with E-state index in [0.717, 1.165) is 18.2 Å². The smallest absolute Gasteiger partial charge is 0.303 e. The van der Waals surface area contributed by atoms with Crippen molar-refractivity contribution in [3.05, 3.63) is 46.9 Å². The van der Waals surface area contributed by atoms with E-state index in [1.54, 1.807) is 12.1 Å². The third kappa shape index (κ3) is 3.77. The first-order chi connectivity index (χ1) is 11.9. The van der Waals surface area contributed by atoms with Gasteiger partial charge in [-0.2, -0.15) is 10.5 Å². The van der Waals surface area contributed by atoms with Gasteiger partial charge >= 0.3 is 5.97 Å². The van der Waals surface area contributed by atoms with Gasteiger partial charge in [0, 0.05) is 12.0 Å². The maximum atomic E-state index is 13.3. The number of halogens is 1. The molecule has 8 heteroatoms. The third-order valence-electron chi connectivity index (χ3n) is 3.32. The van der Waals surface area contributed by atoms with Crippen LogP contribution in [0.25, 0.3) is 11.3 Å². The molecule has 0 saturated heterocycles. The number of nitrogens with zero attached hydrogens (tertiary/aromatic N) is 3. The molecule has 25 heavy (non-hydrogen) atoms. The van der Waals surface area contributed by atoms with E-state index in [4.69, 9.17) is 15.6 Å². The number of Topliss-reactive ketones (excluding diaryl/α,β-unsaturated/α-hetero) is 1. The SMILES string of the molecule is N#Cc1cc(F)ccc1-c1cc(C#N)c(O)c(C(=O)CCC(=O)O)n1. The fourth-order valence-electron chi connectivity index (χ4n) is 2.13. The molecule has 1 aromatic carbocycles. The molecule has 0 saturated carbocycles. The van der Waals surface area contributed by atoms with E-state index < -0.39 is 41.9 Å². The van der Waals surface area contributed by atoms with E-state index in [-0.39, 0.29) is 22.4 Å². The maximum absolute atomic E-state index is 13.3. The molecule has 0 radical (unpaired) electrons. The lowest BCUT2D eigenvalue weighted by molar-refractivity contribution is -0.136. The van der Waals surface area contributed by atoms with Gasteiger partial charge in [-0.1, -0.05) is 0 Å². The lowest BCUT2D eigenvalue weighted by Gasteiger charge is -2.09. The van der Waals surface area contributed by atoms with Crippen molar-refractivity contribution in [1.29, 1.82) is 10.5 Å². The Kier molecular flexibility index (Phi) is 5.06. The number of pyridine rings is 1. The average Bonchev–Trinajstić information content (AvgIpc) is 2.59. The molecule has 0 spiro atoms. The van der Waals surface area contributed by atoms with Crippen LogP contribution < -0.4 is 0 Å². The number of aromatic hydroxyl groups is 1. The monoisotopic (exact) mass is 339 g/mol. The number of aliphatic carboxylic acids is 1. The number of carboxylic acids is 1. The molecule has 2 aromatic rings. The van der Waals surface area contributed by atoms with Crippen LogP contribution in [-0.4, -0.2) is 26.9 Å². The summed E-state index contributed by atoms with van der Waals surface area (Å²) in [4.78, 5) is 26.6. The minimum Gasteiger partial charge on any atom is -0.504 e. The van der Waals surface area contributed by atoms with E-state index in [1.807, 2.05) is 0 Å². The van der Waals surface area contributed by atoms with Gasteiger partial charge in [0.2, 0.25) is 0 Å². The molecule has 0 aliphatic carbocycles. The Morgan fingerprint density at radius 2 is 1.80 bits per heavy atom. The highest BCUT2D eigenvalue weighted by atomic mass is 19.1. The predicted octanol–water partition coefficient (Wildman–Crippen LogP) is 2.38. The number of carboxylic acid groups (broad SMARTS) is 1. The van der Waals surface area contributed by atoms with Crippen molar-refractivity contribution in [2.75, 3.05) is 0 Å². The van der Waals surface area contributed by atoms with Crippen LogP contribution in [0.4, 0.5) is 4.39 Å². The number of carbonyl (C=O) groups is 2. The van der Waals surface area contributed by atoms with Gasteiger partial charge in [-0.05, 0) is 24.3 Å². The highest BCUT2D eigenvalue weighted by Gasteiger charge is 2.21. The number of nitriles is 2. The van der Waals surface area contributed by atoms with Crippen molar-refractivity contribution in [1.82, 2.24) is 4.98 Å². The number of aromatic nitrogens is 1.